The van der Waals surface area contributed by atoms with E-state index in [-0.39, 0.29) is 11.9 Å². The van der Waals surface area contributed by atoms with Gasteiger partial charge in [0.05, 0.1) is 17.9 Å². The fourth-order valence-electron chi connectivity index (χ4n) is 4.77. The molecule has 1 aliphatic heterocycles. The number of hydrogen-bond acceptors (Lipinski definition) is 4. The van der Waals surface area contributed by atoms with E-state index < -0.39 is 11.6 Å². The van der Waals surface area contributed by atoms with Gasteiger partial charge in [0.15, 0.2) is 5.67 Å². The van der Waals surface area contributed by atoms with Gasteiger partial charge in [0.25, 0.3) is 5.91 Å². The number of imidazole rings is 1. The van der Waals surface area contributed by atoms with Crippen molar-refractivity contribution in [3.05, 3.63) is 29.4 Å². The molecule has 208 valence electrons. The predicted molar refractivity (Wildman–Crippen MR) is 147 cm³/mol. The van der Waals surface area contributed by atoms with Crippen LogP contribution in [0.15, 0.2) is 17.8 Å². The lowest BCUT2D eigenvalue weighted by molar-refractivity contribution is -0.128. The number of amides is 2. The van der Waals surface area contributed by atoms with Crippen molar-refractivity contribution in [3.8, 4) is 0 Å². The van der Waals surface area contributed by atoms with E-state index in [1.165, 1.54) is 18.4 Å². The largest absolute Gasteiger partial charge is 0.356 e. The molecule has 37 heavy (non-hydrogen) atoms. The number of aromatic amines is 1. The number of aromatic nitrogens is 2. The summed E-state index contributed by atoms with van der Waals surface area (Å²) in [7, 11) is 0. The third kappa shape index (κ3) is 10.8. The fraction of sp³-hybridized carbons (Fsp3) is 0.724. The van der Waals surface area contributed by atoms with E-state index in [2.05, 4.69) is 41.4 Å². The second-order valence-electron chi connectivity index (χ2n) is 11.3. The van der Waals surface area contributed by atoms with E-state index in [0.717, 1.165) is 50.2 Å². The molecule has 0 bridgehead atoms. The number of alkyl halides is 1. The standard InChI is InChI=1S/C16H24FN3O.C7H13N.C6H11NO/c1-10-4-3-5-12(8-10)14(13-9-18-11(2)19-13)20-15(21)16(17)6-7-16;1-4-6(2)5-7(3)8;1-5-2-3-6(8)7-4-5/h9-10,12,14H,3-8H2,1-2H3,(H,18,19)(H,20,21);5,8H,4H2,1-3H3;5H,2-4H2,1H3,(H,7,8). The molecule has 2 saturated carbocycles. The molecule has 2 amide bonds. The molecule has 3 aliphatic rings. The van der Waals surface area contributed by atoms with Crippen molar-refractivity contribution < 1.29 is 14.0 Å². The quantitative estimate of drug-likeness (QED) is 0.341. The summed E-state index contributed by atoms with van der Waals surface area (Å²) in [5, 5.41) is 12.8. The average Bonchev–Trinajstić information content (AvgIpc) is 3.46. The maximum Gasteiger partial charge on any atom is 0.258 e. The second-order valence-corrected chi connectivity index (χ2v) is 11.3. The van der Waals surface area contributed by atoms with Crippen LogP contribution in [0.5, 0.6) is 0 Å². The smallest absolute Gasteiger partial charge is 0.258 e. The van der Waals surface area contributed by atoms with Crippen molar-refractivity contribution in [2.75, 3.05) is 6.54 Å². The van der Waals surface area contributed by atoms with Crippen molar-refractivity contribution in [1.82, 2.24) is 20.6 Å². The maximum absolute atomic E-state index is 14.0. The van der Waals surface area contributed by atoms with Gasteiger partial charge in [-0.3, -0.25) is 9.59 Å². The summed E-state index contributed by atoms with van der Waals surface area (Å²) in [5.74, 6) is 2.30. The van der Waals surface area contributed by atoms with Crippen LogP contribution in [-0.2, 0) is 9.59 Å². The Morgan fingerprint density at radius 1 is 1.27 bits per heavy atom. The van der Waals surface area contributed by atoms with Gasteiger partial charge < -0.3 is 21.0 Å². The Morgan fingerprint density at radius 2 is 1.97 bits per heavy atom. The molecule has 1 aromatic heterocycles. The van der Waals surface area contributed by atoms with Crippen molar-refractivity contribution in [1.29, 1.82) is 5.41 Å². The highest BCUT2D eigenvalue weighted by atomic mass is 19.1. The SMILES string of the molecule is CC1CCC(=O)NC1.CCC(C)=CC(C)=N.Cc1ncc(C(NC(=O)C2(F)CC2)C2CCCC(C)C2)[nH]1. The van der Waals surface area contributed by atoms with Crippen LogP contribution in [0.2, 0.25) is 0 Å². The lowest BCUT2D eigenvalue weighted by atomic mass is 9.77. The highest BCUT2D eigenvalue weighted by Gasteiger charge is 2.51. The molecule has 4 N–H and O–H groups in total. The minimum absolute atomic E-state index is 0.144. The monoisotopic (exact) mass is 517 g/mol. The summed E-state index contributed by atoms with van der Waals surface area (Å²) in [5.41, 5.74) is 1.21. The van der Waals surface area contributed by atoms with E-state index >= 15 is 0 Å². The van der Waals surface area contributed by atoms with Crippen LogP contribution in [0, 0.1) is 30.1 Å². The highest BCUT2D eigenvalue weighted by Crippen LogP contribution is 2.42. The summed E-state index contributed by atoms with van der Waals surface area (Å²) in [6.45, 7) is 13.1. The van der Waals surface area contributed by atoms with Gasteiger partial charge in [0.1, 0.15) is 5.82 Å². The zero-order valence-corrected chi connectivity index (χ0v) is 23.7. The second kappa shape index (κ2) is 14.4. The Hall–Kier alpha value is -2.51. The molecule has 2 heterocycles. The molecule has 8 heteroatoms. The number of carbonyl (C=O) groups excluding carboxylic acids is 2. The summed E-state index contributed by atoms with van der Waals surface area (Å²) in [4.78, 5) is 30.1. The van der Waals surface area contributed by atoms with E-state index in [0.29, 0.717) is 36.3 Å². The molecule has 4 unspecified atom stereocenters. The van der Waals surface area contributed by atoms with Crippen LogP contribution < -0.4 is 10.6 Å². The van der Waals surface area contributed by atoms with E-state index in [9.17, 15) is 14.0 Å². The normalized spacial score (nSPS) is 25.3. The van der Waals surface area contributed by atoms with Crippen LogP contribution in [0.4, 0.5) is 4.39 Å². The van der Waals surface area contributed by atoms with Crippen LogP contribution >= 0.6 is 0 Å². The van der Waals surface area contributed by atoms with Crippen molar-refractivity contribution >= 4 is 17.5 Å². The Morgan fingerprint density at radius 3 is 2.41 bits per heavy atom. The zero-order chi connectivity index (χ0) is 27.6. The topological polar surface area (TPSA) is 111 Å². The van der Waals surface area contributed by atoms with Crippen molar-refractivity contribution in [3.63, 3.8) is 0 Å². The van der Waals surface area contributed by atoms with Crippen LogP contribution in [-0.4, -0.2) is 39.7 Å². The number of H-pyrrole nitrogens is 1. The molecule has 1 saturated heterocycles. The zero-order valence-electron chi connectivity index (χ0n) is 23.7. The van der Waals surface area contributed by atoms with Gasteiger partial charge in [-0.05, 0) is 83.1 Å². The van der Waals surface area contributed by atoms with E-state index in [1.807, 2.05) is 19.9 Å². The number of piperidine rings is 1. The number of nitrogens with one attached hydrogen (secondary N) is 4. The molecule has 3 fully saturated rings. The first-order chi connectivity index (χ1) is 17.4. The third-order valence-electron chi connectivity index (χ3n) is 7.42. The molecule has 4 rings (SSSR count). The Bertz CT molecular complexity index is 926. The maximum atomic E-state index is 14.0. The highest BCUT2D eigenvalue weighted by molar-refractivity contribution is 5.90. The Labute approximate surface area is 222 Å². The van der Waals surface area contributed by atoms with Crippen molar-refractivity contribution in [2.24, 2.45) is 17.8 Å². The van der Waals surface area contributed by atoms with Gasteiger partial charge in [-0.1, -0.05) is 39.2 Å². The van der Waals surface area contributed by atoms with Gasteiger partial charge in [0, 0.05) is 18.7 Å². The number of allylic oxidation sites excluding steroid dienone is 2. The van der Waals surface area contributed by atoms with Crippen molar-refractivity contribution in [2.45, 2.75) is 111 Å². The molecular weight excluding hydrogens is 469 g/mol. The minimum Gasteiger partial charge on any atom is -0.356 e. The first-order valence-electron chi connectivity index (χ1n) is 13.9. The molecule has 2 aliphatic carbocycles. The number of rotatable bonds is 6. The van der Waals surface area contributed by atoms with Gasteiger partial charge >= 0.3 is 0 Å². The first-order valence-corrected chi connectivity index (χ1v) is 13.9. The Balaban J connectivity index is 0.000000248. The van der Waals surface area contributed by atoms with Crippen LogP contribution in [0.25, 0.3) is 0 Å². The number of aryl methyl sites for hydroxylation is 1. The molecule has 0 aromatic carbocycles. The average molecular weight is 518 g/mol. The lowest BCUT2D eigenvalue weighted by Gasteiger charge is -2.33. The number of carbonyl (C=O) groups is 2. The molecule has 7 nitrogen and oxygen atoms in total. The minimum atomic E-state index is -1.62. The van der Waals surface area contributed by atoms with Gasteiger partial charge in [-0.15, -0.1) is 0 Å². The summed E-state index contributed by atoms with van der Waals surface area (Å²) >= 11 is 0. The van der Waals surface area contributed by atoms with E-state index in [1.54, 1.807) is 13.1 Å². The first kappa shape index (κ1) is 30.7. The third-order valence-corrected chi connectivity index (χ3v) is 7.42. The molecule has 4 atom stereocenters. The molecule has 0 spiro atoms. The summed E-state index contributed by atoms with van der Waals surface area (Å²) in [6.07, 6.45) is 11.8. The van der Waals surface area contributed by atoms with E-state index in [4.69, 9.17) is 5.41 Å². The fourth-order valence-corrected chi connectivity index (χ4v) is 4.77. The lowest BCUT2D eigenvalue weighted by Crippen LogP contribution is -2.40. The summed E-state index contributed by atoms with van der Waals surface area (Å²) in [6, 6.07) is -0.144. The predicted octanol–water partition coefficient (Wildman–Crippen LogP) is 6.12. The molecular formula is C29H48FN5O2. The number of hydrogen-bond donors (Lipinski definition) is 4. The summed E-state index contributed by atoms with van der Waals surface area (Å²) < 4.78 is 14.0. The number of nitrogens with zero attached hydrogens (tertiary/aromatic N) is 1. The van der Waals surface area contributed by atoms with Crippen LogP contribution in [0.1, 0.15) is 110 Å². The number of halogens is 1. The van der Waals surface area contributed by atoms with Gasteiger partial charge in [0.2, 0.25) is 5.91 Å². The molecule has 1 aromatic rings. The van der Waals surface area contributed by atoms with Gasteiger partial charge in [-0.2, -0.15) is 0 Å². The Kier molecular flexibility index (Phi) is 12.0. The van der Waals surface area contributed by atoms with Crippen LogP contribution in [0.3, 0.4) is 0 Å². The van der Waals surface area contributed by atoms with Gasteiger partial charge in [-0.25, -0.2) is 9.37 Å². The molecule has 0 radical (unpaired) electrons.